The minimum atomic E-state index is -1.03. The predicted molar refractivity (Wildman–Crippen MR) is 158 cm³/mol. The number of benzene rings is 2. The summed E-state index contributed by atoms with van der Waals surface area (Å²) in [5.41, 5.74) is 1.81. The van der Waals surface area contributed by atoms with E-state index in [-0.39, 0.29) is 18.4 Å². The van der Waals surface area contributed by atoms with Gasteiger partial charge in [-0.25, -0.2) is 8.78 Å². The van der Waals surface area contributed by atoms with Gasteiger partial charge in [-0.2, -0.15) is 0 Å². The van der Waals surface area contributed by atoms with Gasteiger partial charge in [-0.15, -0.1) is 0 Å². The van der Waals surface area contributed by atoms with E-state index in [9.17, 15) is 23.5 Å². The molecule has 2 aromatic carbocycles. The van der Waals surface area contributed by atoms with E-state index in [1.165, 1.54) is 12.1 Å². The molecule has 1 aliphatic heterocycles. The highest BCUT2D eigenvalue weighted by molar-refractivity contribution is 6.00. The highest BCUT2D eigenvalue weighted by atomic mass is 19.1. The number of aryl methyl sites for hydroxylation is 1. The van der Waals surface area contributed by atoms with E-state index >= 15 is 0 Å². The van der Waals surface area contributed by atoms with Crippen LogP contribution in [0.15, 0.2) is 36.4 Å². The van der Waals surface area contributed by atoms with Gasteiger partial charge in [0, 0.05) is 62.5 Å². The van der Waals surface area contributed by atoms with Gasteiger partial charge in [0.1, 0.15) is 11.6 Å². The summed E-state index contributed by atoms with van der Waals surface area (Å²) in [6.45, 7) is 14.4. The summed E-state index contributed by atoms with van der Waals surface area (Å²) in [4.78, 5) is 30.9. The molecule has 0 spiro atoms. The molecule has 41 heavy (non-hydrogen) atoms. The number of amides is 2. The van der Waals surface area contributed by atoms with Crippen LogP contribution in [0.3, 0.4) is 0 Å². The maximum Gasteiger partial charge on any atom is 0.253 e. The van der Waals surface area contributed by atoms with E-state index in [0.717, 1.165) is 37.6 Å². The number of hydrogen-bond donors (Lipinski definition) is 3. The van der Waals surface area contributed by atoms with Gasteiger partial charge in [0.15, 0.2) is 0 Å². The fourth-order valence-electron chi connectivity index (χ4n) is 5.60. The summed E-state index contributed by atoms with van der Waals surface area (Å²) < 4.78 is 28.1. The van der Waals surface area contributed by atoms with E-state index < -0.39 is 29.7 Å². The zero-order chi connectivity index (χ0) is 30.1. The monoisotopic (exact) mass is 572 g/mol. The molecule has 226 valence electrons. The number of aliphatic hydroxyl groups is 1. The number of hydrogen-bond acceptors (Lipinski definition) is 5. The average molecular weight is 573 g/mol. The van der Waals surface area contributed by atoms with Crippen LogP contribution in [-0.2, 0) is 6.42 Å². The van der Waals surface area contributed by atoms with Gasteiger partial charge in [0.2, 0.25) is 0 Å². The summed E-state index contributed by atoms with van der Waals surface area (Å²) in [5, 5.41) is 17.8. The number of piperazine rings is 1. The quantitative estimate of drug-likeness (QED) is 0.336. The van der Waals surface area contributed by atoms with Crippen molar-refractivity contribution < 1.29 is 23.5 Å². The van der Waals surface area contributed by atoms with Crippen LogP contribution in [0.4, 0.5) is 8.78 Å². The molecular formula is C32H46F2N4O3. The summed E-state index contributed by atoms with van der Waals surface area (Å²) in [6, 6.07) is 7.10. The molecule has 1 aliphatic rings. The van der Waals surface area contributed by atoms with Gasteiger partial charge in [-0.05, 0) is 73.6 Å². The lowest BCUT2D eigenvalue weighted by molar-refractivity contribution is 0.0457. The molecule has 2 aromatic rings. The second kappa shape index (κ2) is 15.4. The van der Waals surface area contributed by atoms with Crippen molar-refractivity contribution in [2.24, 2.45) is 5.92 Å². The molecule has 7 nitrogen and oxygen atoms in total. The molecule has 2 amide bonds. The minimum Gasteiger partial charge on any atom is -0.389 e. The normalized spacial score (nSPS) is 17.3. The number of aliphatic hydroxyl groups excluding tert-OH is 1. The molecule has 3 atom stereocenters. The average Bonchev–Trinajstić information content (AvgIpc) is 2.90. The molecule has 9 heteroatoms. The standard InChI is InChI=1S/C32H46F2N4O3/c1-6-9-38(10-7-2)32(41)25-13-22(5)12-24(17-25)31(40)36-28(16-23-14-26(33)18-27(34)15-23)30(39)29-20-37(11-8-35-29)19-21(3)4/h12-15,17-18,21,28-30,35,39H,6-11,16,19-20H2,1-5H3,(H,36,40)/t28?,29-,30+/m1/s1. The third-order valence-corrected chi connectivity index (χ3v) is 7.29. The first-order valence-corrected chi connectivity index (χ1v) is 14.8. The Morgan fingerprint density at radius 1 is 1.05 bits per heavy atom. The molecule has 1 saturated heterocycles. The number of rotatable bonds is 13. The molecule has 0 radical (unpaired) electrons. The third-order valence-electron chi connectivity index (χ3n) is 7.29. The highest BCUT2D eigenvalue weighted by Gasteiger charge is 2.33. The SMILES string of the molecule is CCCN(CCC)C(=O)c1cc(C)cc(C(=O)NC(Cc2cc(F)cc(F)c2)[C@H](O)[C@H]2CN(CC(C)C)CCN2)c1. The Balaban J connectivity index is 1.88. The van der Waals surface area contributed by atoms with Crippen molar-refractivity contribution in [3.8, 4) is 0 Å². The molecule has 0 aliphatic carbocycles. The zero-order valence-electron chi connectivity index (χ0n) is 25.1. The summed E-state index contributed by atoms with van der Waals surface area (Å²) in [5.74, 6) is -1.57. The zero-order valence-corrected chi connectivity index (χ0v) is 25.1. The van der Waals surface area contributed by atoms with Crippen LogP contribution in [0, 0.1) is 24.5 Å². The van der Waals surface area contributed by atoms with Crippen molar-refractivity contribution in [1.29, 1.82) is 0 Å². The fourth-order valence-corrected chi connectivity index (χ4v) is 5.60. The minimum absolute atomic E-state index is 0.0301. The van der Waals surface area contributed by atoms with Crippen molar-refractivity contribution in [1.82, 2.24) is 20.4 Å². The molecule has 1 fully saturated rings. The van der Waals surface area contributed by atoms with E-state index in [2.05, 4.69) is 29.4 Å². The predicted octanol–water partition coefficient (Wildman–Crippen LogP) is 4.17. The first kappa shape index (κ1) is 32.6. The van der Waals surface area contributed by atoms with E-state index in [0.29, 0.717) is 48.8 Å². The molecule has 0 saturated carbocycles. The summed E-state index contributed by atoms with van der Waals surface area (Å²) >= 11 is 0. The molecule has 1 heterocycles. The topological polar surface area (TPSA) is 84.9 Å². The van der Waals surface area contributed by atoms with Crippen LogP contribution in [0.2, 0.25) is 0 Å². The Morgan fingerprint density at radius 2 is 1.68 bits per heavy atom. The Labute approximate surface area is 243 Å². The lowest BCUT2D eigenvalue weighted by Gasteiger charge is -2.39. The molecule has 3 rings (SSSR count). The van der Waals surface area contributed by atoms with E-state index in [4.69, 9.17) is 0 Å². The second-order valence-electron chi connectivity index (χ2n) is 11.6. The van der Waals surface area contributed by atoms with Crippen LogP contribution >= 0.6 is 0 Å². The van der Waals surface area contributed by atoms with Gasteiger partial charge in [0.25, 0.3) is 11.8 Å². The Hall–Kier alpha value is -2.88. The van der Waals surface area contributed by atoms with Crippen LogP contribution in [0.25, 0.3) is 0 Å². The lowest BCUT2D eigenvalue weighted by Crippen LogP contribution is -2.61. The summed E-state index contributed by atoms with van der Waals surface area (Å²) in [7, 11) is 0. The van der Waals surface area contributed by atoms with Crippen molar-refractivity contribution in [2.75, 3.05) is 39.3 Å². The van der Waals surface area contributed by atoms with E-state index in [1.54, 1.807) is 23.1 Å². The van der Waals surface area contributed by atoms with Crippen molar-refractivity contribution >= 4 is 11.8 Å². The first-order chi connectivity index (χ1) is 19.5. The van der Waals surface area contributed by atoms with Crippen molar-refractivity contribution in [3.63, 3.8) is 0 Å². The first-order valence-electron chi connectivity index (χ1n) is 14.8. The second-order valence-corrected chi connectivity index (χ2v) is 11.6. The van der Waals surface area contributed by atoms with Crippen LogP contribution < -0.4 is 10.6 Å². The smallest absolute Gasteiger partial charge is 0.253 e. The van der Waals surface area contributed by atoms with Crippen molar-refractivity contribution in [2.45, 2.75) is 72.1 Å². The number of carbonyl (C=O) groups excluding carboxylic acids is 2. The van der Waals surface area contributed by atoms with Crippen LogP contribution in [-0.4, -0.2) is 84.2 Å². The molecule has 0 aromatic heterocycles. The lowest BCUT2D eigenvalue weighted by atomic mass is 9.94. The summed E-state index contributed by atoms with van der Waals surface area (Å²) in [6.07, 6.45) is 0.655. The molecule has 0 bridgehead atoms. The Morgan fingerprint density at radius 3 is 2.29 bits per heavy atom. The van der Waals surface area contributed by atoms with Crippen LogP contribution in [0.5, 0.6) is 0 Å². The highest BCUT2D eigenvalue weighted by Crippen LogP contribution is 2.18. The number of carbonyl (C=O) groups is 2. The van der Waals surface area contributed by atoms with Gasteiger partial charge >= 0.3 is 0 Å². The third kappa shape index (κ3) is 9.58. The largest absolute Gasteiger partial charge is 0.389 e. The Bertz CT molecular complexity index is 1150. The van der Waals surface area contributed by atoms with Crippen LogP contribution in [0.1, 0.15) is 72.4 Å². The maximum atomic E-state index is 14.0. The molecule has 3 N–H and O–H groups in total. The van der Waals surface area contributed by atoms with Gasteiger partial charge in [0.05, 0.1) is 12.1 Å². The number of halogens is 2. The maximum absolute atomic E-state index is 14.0. The van der Waals surface area contributed by atoms with Gasteiger partial charge in [-0.1, -0.05) is 27.7 Å². The van der Waals surface area contributed by atoms with Crippen molar-refractivity contribution in [3.05, 3.63) is 70.3 Å². The number of nitrogens with zero attached hydrogens (tertiary/aromatic N) is 2. The van der Waals surface area contributed by atoms with Gasteiger partial charge < -0.3 is 25.5 Å². The van der Waals surface area contributed by atoms with E-state index in [1.807, 2.05) is 20.8 Å². The van der Waals surface area contributed by atoms with Gasteiger partial charge in [-0.3, -0.25) is 9.59 Å². The molecule has 1 unspecified atom stereocenters. The number of nitrogens with one attached hydrogen (secondary N) is 2. The Kier molecular flexibility index (Phi) is 12.2. The molecular weight excluding hydrogens is 526 g/mol. The fraction of sp³-hybridized carbons (Fsp3) is 0.562.